The minimum absolute atomic E-state index is 0.0609. The van der Waals surface area contributed by atoms with Gasteiger partial charge in [-0.2, -0.15) is 5.26 Å². The SMILES string of the molecule is N#CCc1cnc(-c2c(F)c(F)c(F)c(F)c2F)c(N)c1. The third-order valence-electron chi connectivity index (χ3n) is 2.70. The predicted molar refractivity (Wildman–Crippen MR) is 63.2 cm³/mol. The van der Waals surface area contributed by atoms with Gasteiger partial charge in [0.2, 0.25) is 5.82 Å². The predicted octanol–water partition coefficient (Wildman–Crippen LogP) is 3.09. The molecule has 0 saturated carbocycles. The van der Waals surface area contributed by atoms with E-state index in [1.54, 1.807) is 6.07 Å². The Morgan fingerprint density at radius 1 is 1.00 bits per heavy atom. The standard InChI is InChI=1S/C13H6F5N3/c14-8-7(9(15)11(17)12(18)10(8)16)13-6(20)3-5(1-2-19)4-21-13/h3-4H,1,20H2. The molecule has 8 heteroatoms. The van der Waals surface area contributed by atoms with Gasteiger partial charge in [0.25, 0.3) is 0 Å². The largest absolute Gasteiger partial charge is 0.397 e. The molecule has 0 fully saturated rings. The van der Waals surface area contributed by atoms with Gasteiger partial charge in [-0.15, -0.1) is 0 Å². The van der Waals surface area contributed by atoms with Gasteiger partial charge in [-0.3, -0.25) is 4.98 Å². The van der Waals surface area contributed by atoms with Crippen LogP contribution in [-0.4, -0.2) is 4.98 Å². The smallest absolute Gasteiger partial charge is 0.200 e. The van der Waals surface area contributed by atoms with Gasteiger partial charge in [0.15, 0.2) is 23.3 Å². The lowest BCUT2D eigenvalue weighted by atomic mass is 10.1. The van der Waals surface area contributed by atoms with Crippen molar-refractivity contribution >= 4 is 5.69 Å². The molecule has 1 aromatic heterocycles. The molecule has 0 spiro atoms. The van der Waals surface area contributed by atoms with Gasteiger partial charge in [0.1, 0.15) is 0 Å². The molecule has 108 valence electrons. The van der Waals surface area contributed by atoms with Gasteiger partial charge >= 0.3 is 0 Å². The lowest BCUT2D eigenvalue weighted by Gasteiger charge is -2.10. The van der Waals surface area contributed by atoms with E-state index in [-0.39, 0.29) is 12.1 Å². The summed E-state index contributed by atoms with van der Waals surface area (Å²) in [4.78, 5) is 3.59. The average molecular weight is 299 g/mol. The Morgan fingerprint density at radius 3 is 2.00 bits per heavy atom. The van der Waals surface area contributed by atoms with Crippen LogP contribution in [0.3, 0.4) is 0 Å². The number of benzene rings is 1. The lowest BCUT2D eigenvalue weighted by molar-refractivity contribution is 0.381. The first-order chi connectivity index (χ1) is 9.88. The van der Waals surface area contributed by atoms with Crippen molar-refractivity contribution in [2.75, 3.05) is 5.73 Å². The van der Waals surface area contributed by atoms with E-state index in [0.717, 1.165) is 6.20 Å². The van der Waals surface area contributed by atoms with Crippen LogP contribution >= 0.6 is 0 Å². The van der Waals surface area contributed by atoms with E-state index in [1.165, 1.54) is 6.07 Å². The molecule has 1 aromatic carbocycles. The zero-order valence-corrected chi connectivity index (χ0v) is 10.2. The highest BCUT2D eigenvalue weighted by Gasteiger charge is 2.28. The first-order valence-corrected chi connectivity index (χ1v) is 5.51. The number of pyridine rings is 1. The van der Waals surface area contributed by atoms with Crippen LogP contribution in [0.1, 0.15) is 5.56 Å². The van der Waals surface area contributed by atoms with Crippen LogP contribution in [0.2, 0.25) is 0 Å². The van der Waals surface area contributed by atoms with Crippen molar-refractivity contribution in [3.8, 4) is 17.3 Å². The molecule has 2 aromatic rings. The van der Waals surface area contributed by atoms with E-state index in [9.17, 15) is 22.0 Å². The van der Waals surface area contributed by atoms with E-state index < -0.39 is 40.3 Å². The molecule has 0 radical (unpaired) electrons. The van der Waals surface area contributed by atoms with Crippen LogP contribution in [0.25, 0.3) is 11.3 Å². The van der Waals surface area contributed by atoms with Crippen LogP contribution in [0, 0.1) is 40.4 Å². The maximum Gasteiger partial charge on any atom is 0.200 e. The van der Waals surface area contributed by atoms with Crippen molar-refractivity contribution in [3.63, 3.8) is 0 Å². The van der Waals surface area contributed by atoms with Crippen LogP contribution in [0.5, 0.6) is 0 Å². The summed E-state index contributed by atoms with van der Waals surface area (Å²) in [7, 11) is 0. The second kappa shape index (κ2) is 5.36. The summed E-state index contributed by atoms with van der Waals surface area (Å²) in [5.74, 6) is -10.4. The number of rotatable bonds is 2. The molecule has 2 rings (SSSR count). The number of nitrogens with zero attached hydrogens (tertiary/aromatic N) is 2. The van der Waals surface area contributed by atoms with Crippen molar-refractivity contribution in [1.29, 1.82) is 5.26 Å². The molecule has 0 amide bonds. The number of halogens is 5. The second-order valence-corrected chi connectivity index (χ2v) is 4.06. The maximum atomic E-state index is 13.6. The summed E-state index contributed by atoms with van der Waals surface area (Å²) in [6, 6.07) is 2.99. The molecule has 1 heterocycles. The monoisotopic (exact) mass is 299 g/mol. The topological polar surface area (TPSA) is 62.7 Å². The van der Waals surface area contributed by atoms with Gasteiger partial charge in [-0.25, -0.2) is 22.0 Å². The number of anilines is 1. The summed E-state index contributed by atoms with van der Waals surface area (Å²) >= 11 is 0. The molecular formula is C13H6F5N3. The zero-order valence-electron chi connectivity index (χ0n) is 10.2. The van der Waals surface area contributed by atoms with Crippen LogP contribution in [-0.2, 0) is 6.42 Å². The Bertz CT molecular complexity index is 738. The number of hydrogen-bond acceptors (Lipinski definition) is 3. The fourth-order valence-electron chi connectivity index (χ4n) is 1.74. The van der Waals surface area contributed by atoms with Gasteiger partial charge in [-0.1, -0.05) is 0 Å². The van der Waals surface area contributed by atoms with Crippen LogP contribution < -0.4 is 5.73 Å². The number of nitrogens with two attached hydrogens (primary N) is 1. The first kappa shape index (κ1) is 14.7. The third kappa shape index (κ3) is 2.38. The molecule has 0 saturated heterocycles. The van der Waals surface area contributed by atoms with Crippen molar-refractivity contribution in [2.45, 2.75) is 6.42 Å². The Balaban J connectivity index is 2.71. The molecule has 3 nitrogen and oxygen atoms in total. The fourth-order valence-corrected chi connectivity index (χ4v) is 1.74. The highest BCUT2D eigenvalue weighted by Crippen LogP contribution is 2.33. The quantitative estimate of drug-likeness (QED) is 0.526. The zero-order chi connectivity index (χ0) is 15.7. The van der Waals surface area contributed by atoms with E-state index in [4.69, 9.17) is 11.0 Å². The summed E-state index contributed by atoms with van der Waals surface area (Å²) in [5, 5.41) is 8.51. The second-order valence-electron chi connectivity index (χ2n) is 4.06. The third-order valence-corrected chi connectivity index (χ3v) is 2.70. The van der Waals surface area contributed by atoms with Gasteiger partial charge < -0.3 is 5.73 Å². The van der Waals surface area contributed by atoms with E-state index in [1.807, 2.05) is 0 Å². The van der Waals surface area contributed by atoms with E-state index >= 15 is 0 Å². The summed E-state index contributed by atoms with van der Waals surface area (Å²) in [5.41, 5.74) is 3.78. The Hall–Kier alpha value is -2.69. The Morgan fingerprint density at radius 2 is 1.52 bits per heavy atom. The van der Waals surface area contributed by atoms with Gasteiger partial charge in [-0.05, 0) is 11.6 Å². The number of hydrogen-bond donors (Lipinski definition) is 1. The van der Waals surface area contributed by atoms with Crippen LogP contribution in [0.15, 0.2) is 12.3 Å². The Kier molecular flexibility index (Phi) is 3.76. The molecule has 0 aliphatic carbocycles. The van der Waals surface area contributed by atoms with Crippen molar-refractivity contribution in [1.82, 2.24) is 4.98 Å². The average Bonchev–Trinajstić information content (AvgIpc) is 2.46. The summed E-state index contributed by atoms with van der Waals surface area (Å²) in [6.45, 7) is 0. The normalized spacial score (nSPS) is 10.5. The summed E-state index contributed by atoms with van der Waals surface area (Å²) in [6.07, 6.45) is 1.02. The lowest BCUT2D eigenvalue weighted by Crippen LogP contribution is -2.07. The fraction of sp³-hybridized carbons (Fsp3) is 0.0769. The molecule has 0 aliphatic heterocycles. The molecule has 21 heavy (non-hydrogen) atoms. The van der Waals surface area contributed by atoms with Crippen LogP contribution in [0.4, 0.5) is 27.6 Å². The number of nitriles is 1. The van der Waals surface area contributed by atoms with Gasteiger partial charge in [0.05, 0.1) is 29.4 Å². The van der Waals surface area contributed by atoms with Crippen molar-refractivity contribution in [2.24, 2.45) is 0 Å². The molecule has 0 aliphatic rings. The number of nitrogen functional groups attached to an aromatic ring is 1. The maximum absolute atomic E-state index is 13.6. The summed E-state index contributed by atoms with van der Waals surface area (Å²) < 4.78 is 66.6. The Labute approximate surface area is 115 Å². The highest BCUT2D eigenvalue weighted by atomic mass is 19.2. The first-order valence-electron chi connectivity index (χ1n) is 5.51. The minimum Gasteiger partial charge on any atom is -0.397 e. The number of aromatic nitrogens is 1. The molecule has 0 unspecified atom stereocenters. The molecule has 0 atom stereocenters. The molecular weight excluding hydrogens is 293 g/mol. The van der Waals surface area contributed by atoms with Crippen molar-refractivity contribution in [3.05, 3.63) is 46.9 Å². The van der Waals surface area contributed by atoms with E-state index in [0.29, 0.717) is 5.56 Å². The van der Waals surface area contributed by atoms with Crippen molar-refractivity contribution < 1.29 is 22.0 Å². The highest BCUT2D eigenvalue weighted by molar-refractivity contribution is 5.74. The molecule has 2 N–H and O–H groups in total. The van der Waals surface area contributed by atoms with E-state index in [2.05, 4.69) is 4.98 Å². The van der Waals surface area contributed by atoms with Gasteiger partial charge in [0, 0.05) is 6.20 Å². The minimum atomic E-state index is -2.26. The molecule has 0 bridgehead atoms.